The Bertz CT molecular complexity index is 515. The van der Waals surface area contributed by atoms with Gasteiger partial charge in [-0.1, -0.05) is 18.2 Å². The summed E-state index contributed by atoms with van der Waals surface area (Å²) in [5, 5.41) is 4.55. The van der Waals surface area contributed by atoms with Gasteiger partial charge in [0.15, 0.2) is 0 Å². The number of benzene rings is 1. The Morgan fingerprint density at radius 1 is 1.29 bits per heavy atom. The minimum Gasteiger partial charge on any atom is -0.440 e. The summed E-state index contributed by atoms with van der Waals surface area (Å²) in [6, 6.07) is 8.12. The number of rotatable bonds is 0. The number of hydrogen-bond donors (Lipinski definition) is 1. The summed E-state index contributed by atoms with van der Waals surface area (Å²) in [5.74, 6) is 3.13. The zero-order chi connectivity index (χ0) is 9.54. The first-order chi connectivity index (χ1) is 6.84. The van der Waals surface area contributed by atoms with Crippen LogP contribution in [0.25, 0.3) is 17.0 Å². The number of fused-ring (bicyclic) bond motifs is 3. The number of furan rings is 1. The molecule has 2 heterocycles. The van der Waals surface area contributed by atoms with Gasteiger partial charge in [0.25, 0.3) is 0 Å². The van der Waals surface area contributed by atoms with Crippen LogP contribution >= 0.6 is 8.07 Å². The van der Waals surface area contributed by atoms with Crippen molar-refractivity contribution in [3.05, 3.63) is 35.6 Å². The summed E-state index contributed by atoms with van der Waals surface area (Å²) in [7, 11) is -0.239. The normalized spacial score (nSPS) is 19.4. The van der Waals surface area contributed by atoms with Crippen LogP contribution in [0, 0.1) is 0 Å². The third-order valence-corrected chi connectivity index (χ3v) is 3.53. The van der Waals surface area contributed by atoms with Crippen molar-refractivity contribution >= 4 is 31.0 Å². The van der Waals surface area contributed by atoms with Gasteiger partial charge in [-0.25, -0.2) is 0 Å². The van der Waals surface area contributed by atoms with Gasteiger partial charge < -0.3 is 9.50 Å². The van der Waals surface area contributed by atoms with Crippen molar-refractivity contribution in [2.75, 3.05) is 11.8 Å². The van der Waals surface area contributed by atoms with E-state index >= 15 is 0 Å². The van der Waals surface area contributed by atoms with E-state index in [-0.39, 0.29) is 8.07 Å². The van der Waals surface area contributed by atoms with Crippen LogP contribution in [-0.4, -0.2) is 6.66 Å². The summed E-state index contributed by atoms with van der Waals surface area (Å²) < 4.78 is 5.71. The summed E-state index contributed by atoms with van der Waals surface area (Å²) in [4.78, 5) is 0. The van der Waals surface area contributed by atoms with E-state index in [9.17, 15) is 0 Å². The Morgan fingerprint density at radius 3 is 3.07 bits per heavy atom. The molecule has 1 aliphatic heterocycles. The van der Waals surface area contributed by atoms with Crippen molar-refractivity contribution in [3.63, 3.8) is 0 Å². The zero-order valence-corrected chi connectivity index (χ0v) is 8.71. The summed E-state index contributed by atoms with van der Waals surface area (Å²) >= 11 is 0. The molecule has 3 rings (SSSR count). The second-order valence-corrected chi connectivity index (χ2v) is 5.12. The van der Waals surface area contributed by atoms with Gasteiger partial charge in [-0.15, -0.1) is 0 Å². The van der Waals surface area contributed by atoms with E-state index in [1.807, 2.05) is 18.2 Å². The van der Waals surface area contributed by atoms with Crippen molar-refractivity contribution in [2.45, 2.75) is 0 Å². The fourth-order valence-electron chi connectivity index (χ4n) is 1.70. The van der Waals surface area contributed by atoms with Gasteiger partial charge in [-0.05, 0) is 24.6 Å². The largest absolute Gasteiger partial charge is 0.440 e. The quantitative estimate of drug-likeness (QED) is 0.658. The Hall–Kier alpha value is -1.27. The number of anilines is 1. The molecular formula is C11H10NOP. The molecule has 1 atom stereocenters. The zero-order valence-electron chi connectivity index (χ0n) is 7.82. The fourth-order valence-corrected chi connectivity index (χ4v) is 2.63. The molecule has 0 fully saturated rings. The van der Waals surface area contributed by atoms with Gasteiger partial charge in [0, 0.05) is 19.0 Å². The molecule has 0 bridgehead atoms. The number of nitrogens with one attached hydrogen (secondary N) is 1. The standard InChI is InChI=1S/C11H10NOP/c1-14-7-6-9-8-4-2-3-5-10(8)13-11(9)12-14/h2-7,12H,1H3/t14-/m1/s1. The van der Waals surface area contributed by atoms with E-state index < -0.39 is 0 Å². The highest BCUT2D eigenvalue weighted by Gasteiger charge is 2.15. The molecule has 0 saturated carbocycles. The van der Waals surface area contributed by atoms with Crippen LogP contribution in [0.1, 0.15) is 5.56 Å². The molecule has 2 aromatic rings. The number of hydrogen-bond acceptors (Lipinski definition) is 2. The molecule has 0 unspecified atom stereocenters. The lowest BCUT2D eigenvalue weighted by Gasteiger charge is -2.13. The van der Waals surface area contributed by atoms with E-state index in [1.165, 1.54) is 10.9 Å². The molecule has 2 nitrogen and oxygen atoms in total. The molecule has 0 saturated heterocycles. The molecule has 0 spiro atoms. The van der Waals surface area contributed by atoms with Crippen molar-refractivity contribution in [1.29, 1.82) is 0 Å². The molecule has 14 heavy (non-hydrogen) atoms. The Kier molecular flexibility index (Phi) is 1.65. The number of para-hydroxylation sites is 1. The lowest BCUT2D eigenvalue weighted by molar-refractivity contribution is 0.636. The smallest absolute Gasteiger partial charge is 0.204 e. The van der Waals surface area contributed by atoms with Crippen molar-refractivity contribution in [3.8, 4) is 0 Å². The highest BCUT2D eigenvalue weighted by atomic mass is 31.1. The maximum absolute atomic E-state index is 5.71. The van der Waals surface area contributed by atoms with Gasteiger partial charge >= 0.3 is 0 Å². The third-order valence-electron chi connectivity index (χ3n) is 2.38. The van der Waals surface area contributed by atoms with Crippen LogP contribution in [0.5, 0.6) is 0 Å². The molecule has 3 heteroatoms. The lowest BCUT2D eigenvalue weighted by atomic mass is 10.1. The molecule has 1 aromatic heterocycles. The van der Waals surface area contributed by atoms with E-state index in [0.29, 0.717) is 0 Å². The first-order valence-electron chi connectivity index (χ1n) is 4.54. The summed E-state index contributed by atoms with van der Waals surface area (Å²) in [6.45, 7) is 2.17. The molecule has 70 valence electrons. The summed E-state index contributed by atoms with van der Waals surface area (Å²) in [6.07, 6.45) is 2.16. The van der Waals surface area contributed by atoms with Crippen LogP contribution in [-0.2, 0) is 0 Å². The SMILES string of the molecule is C[P@]1C=Cc2c(oc3ccccc23)N1. The van der Waals surface area contributed by atoms with E-state index in [0.717, 1.165) is 11.5 Å². The van der Waals surface area contributed by atoms with E-state index in [1.54, 1.807) is 0 Å². The van der Waals surface area contributed by atoms with Gasteiger partial charge in [-0.3, -0.25) is 0 Å². The van der Waals surface area contributed by atoms with Gasteiger partial charge in [-0.2, -0.15) is 0 Å². The van der Waals surface area contributed by atoms with Crippen LogP contribution in [0.4, 0.5) is 5.88 Å². The van der Waals surface area contributed by atoms with Gasteiger partial charge in [0.1, 0.15) is 5.58 Å². The van der Waals surface area contributed by atoms with Crippen LogP contribution in [0.15, 0.2) is 34.5 Å². The predicted molar refractivity (Wildman–Crippen MR) is 61.7 cm³/mol. The monoisotopic (exact) mass is 203 g/mol. The van der Waals surface area contributed by atoms with Crippen LogP contribution < -0.4 is 5.09 Å². The molecule has 0 radical (unpaired) electrons. The Balaban J connectivity index is 2.32. The van der Waals surface area contributed by atoms with Crippen molar-refractivity contribution in [1.82, 2.24) is 0 Å². The average molecular weight is 203 g/mol. The second kappa shape index (κ2) is 2.86. The van der Waals surface area contributed by atoms with Crippen LogP contribution in [0.2, 0.25) is 0 Å². The minimum atomic E-state index is -0.239. The third kappa shape index (κ3) is 1.08. The molecule has 0 aliphatic carbocycles. The second-order valence-electron chi connectivity index (χ2n) is 3.38. The molecule has 1 aromatic carbocycles. The highest BCUT2D eigenvalue weighted by molar-refractivity contribution is 7.61. The molecule has 1 N–H and O–H groups in total. The topological polar surface area (TPSA) is 25.2 Å². The molecule has 0 amide bonds. The first kappa shape index (κ1) is 8.07. The minimum absolute atomic E-state index is 0.239. The van der Waals surface area contributed by atoms with Gasteiger partial charge in [0.05, 0.1) is 0 Å². The maximum atomic E-state index is 5.71. The Morgan fingerprint density at radius 2 is 2.14 bits per heavy atom. The highest BCUT2D eigenvalue weighted by Crippen LogP contribution is 2.44. The van der Waals surface area contributed by atoms with E-state index in [4.69, 9.17) is 4.42 Å². The van der Waals surface area contributed by atoms with Gasteiger partial charge in [0.2, 0.25) is 5.88 Å². The fraction of sp³-hybridized carbons (Fsp3) is 0.0909. The predicted octanol–water partition coefficient (Wildman–Crippen LogP) is 3.86. The Labute approximate surface area is 83.4 Å². The van der Waals surface area contributed by atoms with Crippen LogP contribution in [0.3, 0.4) is 0 Å². The first-order valence-corrected chi connectivity index (χ1v) is 6.39. The lowest BCUT2D eigenvalue weighted by Crippen LogP contribution is -1.92. The van der Waals surface area contributed by atoms with E-state index in [2.05, 4.69) is 29.7 Å². The molecular weight excluding hydrogens is 193 g/mol. The average Bonchev–Trinajstić information content (AvgIpc) is 2.54. The summed E-state index contributed by atoms with van der Waals surface area (Å²) in [5.41, 5.74) is 2.14. The van der Waals surface area contributed by atoms with Crippen molar-refractivity contribution < 1.29 is 4.42 Å². The molecule has 1 aliphatic rings. The maximum Gasteiger partial charge on any atom is 0.204 e. The van der Waals surface area contributed by atoms with Crippen molar-refractivity contribution in [2.24, 2.45) is 0 Å².